The number of hydrogen-bond donors (Lipinski definition) is 1. The zero-order valence-electron chi connectivity index (χ0n) is 17.0. The first kappa shape index (κ1) is 20.1. The Morgan fingerprint density at radius 3 is 2.53 bits per heavy atom. The van der Waals surface area contributed by atoms with E-state index in [0.29, 0.717) is 23.7 Å². The first-order valence-electron chi connectivity index (χ1n) is 9.83. The third kappa shape index (κ3) is 4.36. The van der Waals surface area contributed by atoms with Gasteiger partial charge in [0.15, 0.2) is 5.13 Å². The summed E-state index contributed by atoms with van der Waals surface area (Å²) in [6.45, 7) is 3.39. The summed E-state index contributed by atoms with van der Waals surface area (Å²) >= 11 is 1.45. The number of aromatic nitrogens is 1. The van der Waals surface area contributed by atoms with Gasteiger partial charge >= 0.3 is 0 Å². The molecule has 0 saturated carbocycles. The van der Waals surface area contributed by atoms with Gasteiger partial charge in [0.1, 0.15) is 5.75 Å². The molecule has 2 aromatic carbocycles. The Morgan fingerprint density at radius 1 is 1.17 bits per heavy atom. The average molecular weight is 422 g/mol. The summed E-state index contributed by atoms with van der Waals surface area (Å²) < 4.78 is 5.20. The molecule has 1 N–H and O–H groups in total. The number of nitrogens with one attached hydrogen (secondary N) is 1. The van der Waals surface area contributed by atoms with Crippen LogP contribution in [-0.2, 0) is 11.3 Å². The highest BCUT2D eigenvalue weighted by molar-refractivity contribution is 7.16. The molecule has 0 bridgehead atoms. The molecule has 2 amide bonds. The maximum atomic E-state index is 12.6. The molecule has 1 aliphatic heterocycles. The molecule has 154 valence electrons. The number of hydrogen-bond acceptors (Lipinski definition) is 5. The van der Waals surface area contributed by atoms with Crippen molar-refractivity contribution < 1.29 is 14.3 Å². The lowest BCUT2D eigenvalue weighted by atomic mass is 10.1. The Balaban J connectivity index is 1.42. The van der Waals surface area contributed by atoms with E-state index in [1.165, 1.54) is 11.3 Å². The number of anilines is 1. The van der Waals surface area contributed by atoms with E-state index in [0.717, 1.165) is 40.4 Å². The van der Waals surface area contributed by atoms with Crippen LogP contribution in [0.15, 0.2) is 48.5 Å². The molecule has 1 fully saturated rings. The molecule has 0 aliphatic carbocycles. The van der Waals surface area contributed by atoms with Crippen LogP contribution in [0, 0.1) is 6.92 Å². The van der Waals surface area contributed by atoms with Crippen molar-refractivity contribution in [2.45, 2.75) is 26.3 Å². The van der Waals surface area contributed by atoms with E-state index in [-0.39, 0.29) is 11.8 Å². The van der Waals surface area contributed by atoms with Gasteiger partial charge in [-0.25, -0.2) is 4.98 Å². The van der Waals surface area contributed by atoms with Gasteiger partial charge in [-0.2, -0.15) is 0 Å². The molecule has 0 spiro atoms. The number of amides is 2. The maximum absolute atomic E-state index is 12.6. The van der Waals surface area contributed by atoms with Crippen LogP contribution in [0.5, 0.6) is 5.75 Å². The van der Waals surface area contributed by atoms with Crippen LogP contribution < -0.4 is 10.1 Å². The number of nitrogens with zero attached hydrogens (tertiary/aromatic N) is 2. The zero-order chi connectivity index (χ0) is 21.1. The maximum Gasteiger partial charge on any atom is 0.257 e. The Labute approximate surface area is 179 Å². The van der Waals surface area contributed by atoms with Gasteiger partial charge in [-0.05, 0) is 55.3 Å². The summed E-state index contributed by atoms with van der Waals surface area (Å²) in [7, 11) is 1.63. The second-order valence-corrected chi connectivity index (χ2v) is 8.43. The lowest BCUT2D eigenvalue weighted by Gasteiger charge is -2.15. The Hall–Kier alpha value is -3.19. The second-order valence-electron chi connectivity index (χ2n) is 7.22. The zero-order valence-corrected chi connectivity index (χ0v) is 17.8. The molecule has 0 atom stereocenters. The van der Waals surface area contributed by atoms with E-state index >= 15 is 0 Å². The summed E-state index contributed by atoms with van der Waals surface area (Å²) in [5, 5.41) is 3.46. The molecule has 1 saturated heterocycles. The van der Waals surface area contributed by atoms with Crippen LogP contribution in [0.3, 0.4) is 0 Å². The first-order valence-corrected chi connectivity index (χ1v) is 10.6. The van der Waals surface area contributed by atoms with Crippen LogP contribution in [0.2, 0.25) is 0 Å². The molecule has 30 heavy (non-hydrogen) atoms. The van der Waals surface area contributed by atoms with Gasteiger partial charge < -0.3 is 9.64 Å². The summed E-state index contributed by atoms with van der Waals surface area (Å²) in [4.78, 5) is 31.9. The van der Waals surface area contributed by atoms with Crippen LogP contribution >= 0.6 is 11.3 Å². The highest BCUT2D eigenvalue weighted by Gasteiger charge is 2.20. The fourth-order valence-corrected chi connectivity index (χ4v) is 4.32. The number of likely N-dealkylation sites (tertiary alicyclic amines) is 1. The SMILES string of the molecule is COc1ccc(-c2nc(NC(=O)c3ccc(CN4CCCC4=O)cc3)sc2C)cc1. The molecular weight excluding hydrogens is 398 g/mol. The number of carbonyl (C=O) groups excluding carboxylic acids is 2. The first-order chi connectivity index (χ1) is 14.5. The van der Waals surface area contributed by atoms with Gasteiger partial charge in [0.2, 0.25) is 5.91 Å². The van der Waals surface area contributed by atoms with Gasteiger partial charge in [-0.3, -0.25) is 14.9 Å². The van der Waals surface area contributed by atoms with Crippen LogP contribution in [0.4, 0.5) is 5.13 Å². The van der Waals surface area contributed by atoms with E-state index in [1.54, 1.807) is 19.2 Å². The number of methoxy groups -OCH3 is 1. The normalized spacial score (nSPS) is 13.5. The van der Waals surface area contributed by atoms with E-state index in [4.69, 9.17) is 4.74 Å². The van der Waals surface area contributed by atoms with Crippen molar-refractivity contribution >= 4 is 28.3 Å². The molecule has 0 radical (unpaired) electrons. The molecule has 7 heteroatoms. The van der Waals surface area contributed by atoms with E-state index in [2.05, 4.69) is 10.3 Å². The molecule has 0 unspecified atom stereocenters. The molecule has 6 nitrogen and oxygen atoms in total. The quantitative estimate of drug-likeness (QED) is 0.636. The number of rotatable bonds is 6. The standard InChI is InChI=1S/C23H23N3O3S/c1-15-21(17-9-11-19(29-2)12-10-17)24-23(30-15)25-22(28)18-7-5-16(6-8-18)14-26-13-3-4-20(26)27/h5-12H,3-4,13-14H2,1-2H3,(H,24,25,28). The van der Waals surface area contributed by atoms with Crippen molar-refractivity contribution in [2.24, 2.45) is 0 Å². The highest BCUT2D eigenvalue weighted by atomic mass is 32.1. The minimum absolute atomic E-state index is 0.198. The molecular formula is C23H23N3O3S. The van der Waals surface area contributed by atoms with Crippen LogP contribution in [0.1, 0.15) is 33.6 Å². The van der Waals surface area contributed by atoms with Crippen molar-refractivity contribution in [3.63, 3.8) is 0 Å². The largest absolute Gasteiger partial charge is 0.497 e. The minimum Gasteiger partial charge on any atom is -0.497 e. The third-order valence-electron chi connectivity index (χ3n) is 5.14. The molecule has 3 aromatic rings. The number of thiazole rings is 1. The lowest BCUT2D eigenvalue weighted by molar-refractivity contribution is -0.128. The van der Waals surface area contributed by atoms with Crippen molar-refractivity contribution in [3.05, 3.63) is 64.5 Å². The van der Waals surface area contributed by atoms with E-state index < -0.39 is 0 Å². The van der Waals surface area contributed by atoms with Gasteiger partial charge in [0.25, 0.3) is 5.91 Å². The topological polar surface area (TPSA) is 71.5 Å². The predicted octanol–water partition coefficient (Wildman–Crippen LogP) is 4.50. The fraction of sp³-hybridized carbons (Fsp3) is 0.261. The van der Waals surface area contributed by atoms with E-state index in [1.807, 2.05) is 48.2 Å². The number of carbonyl (C=O) groups is 2. The highest BCUT2D eigenvalue weighted by Crippen LogP contribution is 2.31. The summed E-state index contributed by atoms with van der Waals surface area (Å²) in [5.74, 6) is 0.787. The number of ether oxygens (including phenoxy) is 1. The minimum atomic E-state index is -0.200. The lowest BCUT2D eigenvalue weighted by Crippen LogP contribution is -2.23. The van der Waals surface area contributed by atoms with Crippen molar-refractivity contribution in [2.75, 3.05) is 19.0 Å². The molecule has 4 rings (SSSR count). The van der Waals surface area contributed by atoms with Gasteiger partial charge in [-0.1, -0.05) is 12.1 Å². The van der Waals surface area contributed by atoms with Gasteiger partial charge in [0.05, 0.1) is 12.8 Å². The molecule has 1 aliphatic rings. The average Bonchev–Trinajstić information content (AvgIpc) is 3.33. The van der Waals surface area contributed by atoms with Crippen molar-refractivity contribution in [3.8, 4) is 17.0 Å². The number of aryl methyl sites for hydroxylation is 1. The predicted molar refractivity (Wildman–Crippen MR) is 118 cm³/mol. The smallest absolute Gasteiger partial charge is 0.257 e. The summed E-state index contributed by atoms with van der Waals surface area (Å²) in [6.07, 6.45) is 1.55. The Bertz CT molecular complexity index is 1060. The summed E-state index contributed by atoms with van der Waals surface area (Å²) in [6, 6.07) is 15.1. The van der Waals surface area contributed by atoms with Crippen LogP contribution in [0.25, 0.3) is 11.3 Å². The third-order valence-corrected chi connectivity index (χ3v) is 6.03. The van der Waals surface area contributed by atoms with Crippen molar-refractivity contribution in [1.82, 2.24) is 9.88 Å². The molecule has 1 aromatic heterocycles. The molecule has 2 heterocycles. The fourth-order valence-electron chi connectivity index (χ4n) is 3.49. The monoisotopic (exact) mass is 421 g/mol. The van der Waals surface area contributed by atoms with Gasteiger partial charge in [0, 0.05) is 35.5 Å². The Kier molecular flexibility index (Phi) is 5.81. The summed E-state index contributed by atoms with van der Waals surface area (Å²) in [5.41, 5.74) is 3.41. The second kappa shape index (κ2) is 8.67. The van der Waals surface area contributed by atoms with E-state index in [9.17, 15) is 9.59 Å². The number of benzene rings is 2. The van der Waals surface area contributed by atoms with Gasteiger partial charge in [-0.15, -0.1) is 11.3 Å². The van der Waals surface area contributed by atoms with Crippen molar-refractivity contribution in [1.29, 1.82) is 0 Å². The van der Waals surface area contributed by atoms with Crippen LogP contribution in [-0.4, -0.2) is 35.4 Å². The Morgan fingerprint density at radius 2 is 1.90 bits per heavy atom.